The number of thioether (sulfide) groups is 1. The summed E-state index contributed by atoms with van der Waals surface area (Å²) in [7, 11) is 0. The molecule has 0 aromatic heterocycles. The Kier molecular flexibility index (Phi) is 4.09. The molecule has 0 radical (unpaired) electrons. The maximum Gasteiger partial charge on any atom is 0.269 e. The smallest absolute Gasteiger partial charge is 0.269 e. The number of non-ortho nitro benzene ring substituents is 1. The summed E-state index contributed by atoms with van der Waals surface area (Å²) >= 11 is 1.40. The van der Waals surface area contributed by atoms with E-state index in [-0.39, 0.29) is 5.69 Å². The number of hydrogen-bond acceptors (Lipinski definition) is 5. The van der Waals surface area contributed by atoms with Crippen LogP contribution in [0.3, 0.4) is 0 Å². The Morgan fingerprint density at radius 2 is 2.13 bits per heavy atom. The number of hydrogen-bond donors (Lipinski definition) is 1. The predicted octanol–water partition coefficient (Wildman–Crippen LogP) is 1.54. The molecule has 0 amide bonds. The molecule has 0 aliphatic rings. The van der Waals surface area contributed by atoms with Gasteiger partial charge in [-0.1, -0.05) is 0 Å². The van der Waals surface area contributed by atoms with E-state index in [0.717, 1.165) is 4.90 Å². The second-order valence-electron chi connectivity index (χ2n) is 2.80. The van der Waals surface area contributed by atoms with Gasteiger partial charge in [-0.15, -0.1) is 11.8 Å². The summed E-state index contributed by atoms with van der Waals surface area (Å²) in [5.74, 6) is 0.480. The van der Waals surface area contributed by atoms with Gasteiger partial charge in [0.25, 0.3) is 5.69 Å². The van der Waals surface area contributed by atoms with Gasteiger partial charge < -0.3 is 5.73 Å². The minimum absolute atomic E-state index is 0.0592. The van der Waals surface area contributed by atoms with Crippen LogP contribution in [0.2, 0.25) is 0 Å². The Bertz CT molecular complexity index is 385. The van der Waals surface area contributed by atoms with Crippen LogP contribution in [0.5, 0.6) is 0 Å². The molecule has 1 aromatic rings. The molecule has 0 saturated carbocycles. The first-order chi connectivity index (χ1) is 7.13. The van der Waals surface area contributed by atoms with Gasteiger partial charge >= 0.3 is 0 Å². The van der Waals surface area contributed by atoms with E-state index in [1.54, 1.807) is 12.1 Å². The van der Waals surface area contributed by atoms with Crippen LogP contribution in [-0.4, -0.2) is 16.7 Å². The molecule has 0 spiro atoms. The van der Waals surface area contributed by atoms with Crippen molar-refractivity contribution in [3.63, 3.8) is 0 Å². The first-order valence-electron chi connectivity index (χ1n) is 4.16. The quantitative estimate of drug-likeness (QED) is 0.474. The highest BCUT2D eigenvalue weighted by molar-refractivity contribution is 7.99. The maximum atomic E-state index is 10.4. The van der Waals surface area contributed by atoms with Gasteiger partial charge in [0, 0.05) is 22.8 Å². The van der Waals surface area contributed by atoms with E-state index in [4.69, 9.17) is 11.0 Å². The lowest BCUT2D eigenvalue weighted by atomic mass is 10.3. The summed E-state index contributed by atoms with van der Waals surface area (Å²) in [4.78, 5) is 10.8. The fraction of sp³-hybridized carbons (Fsp3) is 0.222. The Balaban J connectivity index is 2.58. The Morgan fingerprint density at radius 1 is 1.53 bits per heavy atom. The highest BCUT2D eigenvalue weighted by Crippen LogP contribution is 2.21. The van der Waals surface area contributed by atoms with Crippen LogP contribution in [0.25, 0.3) is 0 Å². The van der Waals surface area contributed by atoms with E-state index < -0.39 is 11.0 Å². The first-order valence-corrected chi connectivity index (χ1v) is 5.14. The molecular weight excluding hydrogens is 214 g/mol. The van der Waals surface area contributed by atoms with Gasteiger partial charge in [-0.25, -0.2) is 0 Å². The molecule has 78 valence electrons. The molecule has 15 heavy (non-hydrogen) atoms. The highest BCUT2D eigenvalue weighted by Gasteiger charge is 2.05. The van der Waals surface area contributed by atoms with Crippen molar-refractivity contribution in [2.24, 2.45) is 5.73 Å². The topological polar surface area (TPSA) is 93.0 Å². The van der Waals surface area contributed by atoms with Gasteiger partial charge in [0.2, 0.25) is 0 Å². The Hall–Kier alpha value is -1.58. The fourth-order valence-corrected chi connectivity index (χ4v) is 1.66. The molecule has 1 atom stereocenters. The van der Waals surface area contributed by atoms with Crippen molar-refractivity contribution in [3.05, 3.63) is 34.4 Å². The molecule has 0 heterocycles. The average molecular weight is 223 g/mol. The van der Waals surface area contributed by atoms with Gasteiger partial charge in [-0.2, -0.15) is 5.26 Å². The van der Waals surface area contributed by atoms with Gasteiger partial charge in [-0.3, -0.25) is 10.1 Å². The van der Waals surface area contributed by atoms with E-state index in [9.17, 15) is 10.1 Å². The highest BCUT2D eigenvalue weighted by atomic mass is 32.2. The number of nitro groups is 1. The zero-order chi connectivity index (χ0) is 11.3. The monoisotopic (exact) mass is 223 g/mol. The van der Waals surface area contributed by atoms with Crippen molar-refractivity contribution in [1.29, 1.82) is 5.26 Å². The molecule has 0 fully saturated rings. The van der Waals surface area contributed by atoms with Crippen LogP contribution in [0.1, 0.15) is 0 Å². The lowest BCUT2D eigenvalue weighted by Crippen LogP contribution is -2.19. The largest absolute Gasteiger partial charge is 0.315 e. The van der Waals surface area contributed by atoms with Crippen molar-refractivity contribution >= 4 is 17.4 Å². The molecule has 6 heteroatoms. The molecule has 1 unspecified atom stereocenters. The minimum Gasteiger partial charge on any atom is -0.315 e. The van der Waals surface area contributed by atoms with Gasteiger partial charge in [0.1, 0.15) is 6.04 Å². The molecule has 5 nitrogen and oxygen atoms in total. The minimum atomic E-state index is -0.509. The second kappa shape index (κ2) is 5.34. The summed E-state index contributed by atoms with van der Waals surface area (Å²) in [6.07, 6.45) is 0. The summed E-state index contributed by atoms with van der Waals surface area (Å²) < 4.78 is 0. The van der Waals surface area contributed by atoms with E-state index in [1.807, 2.05) is 6.07 Å². The van der Waals surface area contributed by atoms with Gasteiger partial charge in [0.05, 0.1) is 11.0 Å². The average Bonchev–Trinajstić information content (AvgIpc) is 2.26. The number of benzene rings is 1. The summed E-state index contributed by atoms with van der Waals surface area (Å²) in [5.41, 5.74) is 5.47. The van der Waals surface area contributed by atoms with Crippen molar-refractivity contribution in [2.75, 3.05) is 5.75 Å². The zero-order valence-electron chi connectivity index (χ0n) is 7.79. The van der Waals surface area contributed by atoms with Gasteiger partial charge in [0.15, 0.2) is 0 Å². The van der Waals surface area contributed by atoms with Crippen molar-refractivity contribution in [1.82, 2.24) is 0 Å². The van der Waals surface area contributed by atoms with E-state index >= 15 is 0 Å². The predicted molar refractivity (Wildman–Crippen MR) is 57.4 cm³/mol. The number of nitriles is 1. The molecule has 2 N–H and O–H groups in total. The summed E-state index contributed by atoms with van der Waals surface area (Å²) in [5, 5.41) is 18.8. The lowest BCUT2D eigenvalue weighted by molar-refractivity contribution is -0.384. The molecule has 0 aliphatic carbocycles. The SMILES string of the molecule is N#CC(N)CSc1ccc([N+](=O)[O-])cc1. The number of rotatable bonds is 4. The van der Waals surface area contributed by atoms with E-state index in [0.29, 0.717) is 5.75 Å². The molecular formula is C9H9N3O2S. The van der Waals surface area contributed by atoms with Crippen molar-refractivity contribution in [2.45, 2.75) is 10.9 Å². The molecule has 1 rings (SSSR count). The first kappa shape index (κ1) is 11.5. The molecule has 1 aromatic carbocycles. The Labute approximate surface area is 91.0 Å². The molecule has 0 aliphatic heterocycles. The number of nitrogens with zero attached hydrogens (tertiary/aromatic N) is 2. The third-order valence-corrected chi connectivity index (χ3v) is 2.77. The van der Waals surface area contributed by atoms with E-state index in [2.05, 4.69) is 0 Å². The second-order valence-corrected chi connectivity index (χ2v) is 3.89. The third-order valence-electron chi connectivity index (χ3n) is 1.64. The van der Waals surface area contributed by atoms with Crippen molar-refractivity contribution in [3.8, 4) is 6.07 Å². The third kappa shape index (κ3) is 3.58. The lowest BCUT2D eigenvalue weighted by Gasteiger charge is -2.02. The Morgan fingerprint density at radius 3 is 2.60 bits per heavy atom. The molecule has 0 bridgehead atoms. The van der Waals surface area contributed by atoms with Crippen LogP contribution in [0, 0.1) is 21.4 Å². The van der Waals surface area contributed by atoms with E-state index in [1.165, 1.54) is 23.9 Å². The fourth-order valence-electron chi connectivity index (χ4n) is 0.887. The number of nitro benzene ring substituents is 1. The van der Waals surface area contributed by atoms with Crippen molar-refractivity contribution < 1.29 is 4.92 Å². The maximum absolute atomic E-state index is 10.4. The normalized spacial score (nSPS) is 11.7. The van der Waals surface area contributed by atoms with Gasteiger partial charge in [-0.05, 0) is 12.1 Å². The van der Waals surface area contributed by atoms with Crippen LogP contribution in [-0.2, 0) is 0 Å². The van der Waals surface area contributed by atoms with Crippen LogP contribution >= 0.6 is 11.8 Å². The standard InChI is InChI=1S/C9H9N3O2S/c10-5-7(11)6-15-9-3-1-8(2-4-9)12(13)14/h1-4,7H,6,11H2. The van der Waals surface area contributed by atoms with Crippen LogP contribution < -0.4 is 5.73 Å². The van der Waals surface area contributed by atoms with Crippen LogP contribution in [0.4, 0.5) is 5.69 Å². The zero-order valence-corrected chi connectivity index (χ0v) is 8.61. The molecule has 0 saturated heterocycles. The summed E-state index contributed by atoms with van der Waals surface area (Å²) in [6, 6.07) is 7.56. The summed E-state index contributed by atoms with van der Waals surface area (Å²) in [6.45, 7) is 0. The number of nitrogens with two attached hydrogens (primary N) is 1. The van der Waals surface area contributed by atoms with Crippen LogP contribution in [0.15, 0.2) is 29.2 Å².